The van der Waals surface area contributed by atoms with Crippen LogP contribution in [-0.4, -0.2) is 41.4 Å². The summed E-state index contributed by atoms with van der Waals surface area (Å²) in [5.41, 5.74) is 4.76. The van der Waals surface area contributed by atoms with Crippen molar-refractivity contribution < 1.29 is 13.5 Å². The second-order valence-electron chi connectivity index (χ2n) is 6.59. The average molecular weight is 419 g/mol. The Kier molecular flexibility index (Phi) is 5.63. The third-order valence-electron chi connectivity index (χ3n) is 4.65. The molecule has 0 spiro atoms. The van der Waals surface area contributed by atoms with Gasteiger partial charge < -0.3 is 13.9 Å². The minimum atomic E-state index is -2.25. The highest BCUT2D eigenvalue weighted by Gasteiger charge is 2.19. The van der Waals surface area contributed by atoms with E-state index in [2.05, 4.69) is 33.7 Å². The molecule has 8 nitrogen and oxygen atoms in total. The minimum Gasteiger partial charge on any atom is -0.760 e. The van der Waals surface area contributed by atoms with Gasteiger partial charge in [-0.05, 0) is 37.5 Å². The lowest BCUT2D eigenvalue weighted by molar-refractivity contribution is 0.356. The SMILES string of the molecule is Cc1cc2c(cc1Sc1nc3c(C)ncnc3n1CCCNS(=O)[O-])OCC2. The summed E-state index contributed by atoms with van der Waals surface area (Å²) in [7, 11) is 0. The van der Waals surface area contributed by atoms with Crippen molar-refractivity contribution in [3.05, 3.63) is 35.3 Å². The predicted octanol–water partition coefficient (Wildman–Crippen LogP) is 2.30. The summed E-state index contributed by atoms with van der Waals surface area (Å²) in [4.78, 5) is 14.5. The molecule has 1 aliphatic rings. The maximum Gasteiger partial charge on any atom is 0.175 e. The van der Waals surface area contributed by atoms with Gasteiger partial charge in [-0.2, -0.15) is 0 Å². The van der Waals surface area contributed by atoms with Gasteiger partial charge in [-0.3, -0.25) is 4.21 Å². The molecule has 3 aromatic rings. The molecule has 1 atom stereocenters. The molecule has 1 aromatic carbocycles. The molecule has 0 fully saturated rings. The highest BCUT2D eigenvalue weighted by atomic mass is 32.2. The number of aryl methyl sites for hydroxylation is 3. The van der Waals surface area contributed by atoms with Crippen molar-refractivity contribution in [3.8, 4) is 5.75 Å². The molecule has 1 N–H and O–H groups in total. The maximum absolute atomic E-state index is 10.7. The van der Waals surface area contributed by atoms with Crippen molar-refractivity contribution in [3.63, 3.8) is 0 Å². The molecule has 1 unspecified atom stereocenters. The van der Waals surface area contributed by atoms with Crippen molar-refractivity contribution in [1.29, 1.82) is 0 Å². The van der Waals surface area contributed by atoms with Crippen LogP contribution in [0, 0.1) is 13.8 Å². The Hall–Kier alpha value is -2.01. The number of hydrogen-bond donors (Lipinski definition) is 1. The van der Waals surface area contributed by atoms with E-state index in [-0.39, 0.29) is 0 Å². The third kappa shape index (κ3) is 3.90. The number of nitrogens with zero attached hydrogens (tertiary/aromatic N) is 4. The van der Waals surface area contributed by atoms with Gasteiger partial charge in [0, 0.05) is 35.7 Å². The first-order chi connectivity index (χ1) is 13.5. The zero-order valence-electron chi connectivity index (χ0n) is 15.6. The van der Waals surface area contributed by atoms with Crippen LogP contribution >= 0.6 is 11.8 Å². The highest BCUT2D eigenvalue weighted by molar-refractivity contribution is 7.99. The molecule has 2 aromatic heterocycles. The molecule has 0 aliphatic carbocycles. The Morgan fingerprint density at radius 1 is 1.36 bits per heavy atom. The molecule has 28 heavy (non-hydrogen) atoms. The Bertz CT molecular complexity index is 1050. The van der Waals surface area contributed by atoms with Gasteiger partial charge in [-0.15, -0.1) is 0 Å². The Balaban J connectivity index is 1.67. The average Bonchev–Trinajstić information content (AvgIpc) is 3.24. The molecule has 3 heterocycles. The molecule has 0 saturated carbocycles. The summed E-state index contributed by atoms with van der Waals surface area (Å²) in [6.07, 6.45) is 3.11. The molecule has 10 heteroatoms. The van der Waals surface area contributed by atoms with E-state index in [9.17, 15) is 8.76 Å². The molecule has 148 valence electrons. The summed E-state index contributed by atoms with van der Waals surface area (Å²) in [6.45, 7) is 5.68. The molecule has 0 saturated heterocycles. The summed E-state index contributed by atoms with van der Waals surface area (Å²) >= 11 is -0.687. The lowest BCUT2D eigenvalue weighted by Gasteiger charge is -2.12. The summed E-state index contributed by atoms with van der Waals surface area (Å²) < 4.78 is 31.5. The van der Waals surface area contributed by atoms with E-state index >= 15 is 0 Å². The Labute approximate surface area is 169 Å². The lowest BCUT2D eigenvalue weighted by Crippen LogP contribution is -2.19. The smallest absolute Gasteiger partial charge is 0.175 e. The predicted molar refractivity (Wildman–Crippen MR) is 106 cm³/mol. The first kappa shape index (κ1) is 19.3. The van der Waals surface area contributed by atoms with Gasteiger partial charge in [0.15, 0.2) is 10.8 Å². The number of imidazole rings is 1. The fourth-order valence-corrected chi connectivity index (χ4v) is 4.56. The number of nitrogens with one attached hydrogen (secondary N) is 1. The van der Waals surface area contributed by atoms with E-state index in [0.717, 1.165) is 45.7 Å². The molecule has 1 aliphatic heterocycles. The first-order valence-electron chi connectivity index (χ1n) is 8.97. The van der Waals surface area contributed by atoms with Crippen LogP contribution in [0.2, 0.25) is 0 Å². The second-order valence-corrected chi connectivity index (χ2v) is 8.35. The van der Waals surface area contributed by atoms with E-state index < -0.39 is 11.3 Å². The number of ether oxygens (including phenoxy) is 1. The van der Waals surface area contributed by atoms with Crippen LogP contribution in [0.15, 0.2) is 28.5 Å². The summed E-state index contributed by atoms with van der Waals surface area (Å²) in [5.74, 6) is 0.939. The zero-order valence-corrected chi connectivity index (χ0v) is 17.2. The van der Waals surface area contributed by atoms with Crippen LogP contribution in [0.25, 0.3) is 11.2 Å². The van der Waals surface area contributed by atoms with Crippen molar-refractivity contribution in [2.24, 2.45) is 0 Å². The van der Waals surface area contributed by atoms with Crippen molar-refractivity contribution in [2.75, 3.05) is 13.2 Å². The summed E-state index contributed by atoms with van der Waals surface area (Å²) in [5, 5.41) is 0.808. The summed E-state index contributed by atoms with van der Waals surface area (Å²) in [6, 6.07) is 4.25. The van der Waals surface area contributed by atoms with Crippen LogP contribution in [-0.2, 0) is 24.2 Å². The number of fused-ring (bicyclic) bond motifs is 2. The lowest BCUT2D eigenvalue weighted by atomic mass is 10.1. The van der Waals surface area contributed by atoms with E-state index in [1.807, 2.05) is 11.5 Å². The van der Waals surface area contributed by atoms with E-state index in [4.69, 9.17) is 9.72 Å². The van der Waals surface area contributed by atoms with Crippen LogP contribution in [0.5, 0.6) is 5.75 Å². The Morgan fingerprint density at radius 3 is 3.04 bits per heavy atom. The van der Waals surface area contributed by atoms with Crippen molar-refractivity contribution >= 4 is 34.2 Å². The Morgan fingerprint density at radius 2 is 2.21 bits per heavy atom. The molecular weight excluding hydrogens is 398 g/mol. The van der Waals surface area contributed by atoms with Gasteiger partial charge in [0.2, 0.25) is 0 Å². The molecule has 0 radical (unpaired) electrons. The van der Waals surface area contributed by atoms with Gasteiger partial charge in [-0.1, -0.05) is 17.8 Å². The molecule has 0 amide bonds. The number of rotatable bonds is 7. The zero-order chi connectivity index (χ0) is 19.7. The fraction of sp³-hybridized carbons (Fsp3) is 0.389. The van der Waals surface area contributed by atoms with E-state index in [1.54, 1.807) is 11.8 Å². The number of aromatic nitrogens is 4. The first-order valence-corrected chi connectivity index (χ1v) is 10.9. The van der Waals surface area contributed by atoms with Crippen LogP contribution < -0.4 is 9.46 Å². The standard InChI is InChI=1S/C18H21N5O3S2/c1-11-8-13-4-7-26-14(13)9-15(11)27-18-22-16-12(2)19-10-20-17(16)23(18)6-3-5-21-28(24)25/h8-10,21H,3-7H2,1-2H3,(H,24,25)/p-1. The van der Waals surface area contributed by atoms with Gasteiger partial charge in [0.05, 0.1) is 12.3 Å². The van der Waals surface area contributed by atoms with E-state index in [0.29, 0.717) is 19.5 Å². The second kappa shape index (κ2) is 8.16. The fourth-order valence-electron chi connectivity index (χ4n) is 3.24. The maximum atomic E-state index is 10.7. The van der Waals surface area contributed by atoms with Crippen LogP contribution in [0.3, 0.4) is 0 Å². The van der Waals surface area contributed by atoms with Gasteiger partial charge in [0.1, 0.15) is 17.6 Å². The van der Waals surface area contributed by atoms with Gasteiger partial charge in [0.25, 0.3) is 0 Å². The largest absolute Gasteiger partial charge is 0.760 e. The number of benzene rings is 1. The monoisotopic (exact) mass is 418 g/mol. The third-order valence-corrected chi connectivity index (χ3v) is 6.24. The van der Waals surface area contributed by atoms with Crippen LogP contribution in [0.1, 0.15) is 23.2 Å². The topological polar surface area (TPSA) is 105 Å². The van der Waals surface area contributed by atoms with Crippen LogP contribution in [0.4, 0.5) is 0 Å². The molecular formula is C18H20N5O3S2-. The highest BCUT2D eigenvalue weighted by Crippen LogP contribution is 2.37. The number of hydrogen-bond acceptors (Lipinski definition) is 7. The van der Waals surface area contributed by atoms with Gasteiger partial charge in [-0.25, -0.2) is 19.7 Å². The van der Waals surface area contributed by atoms with Gasteiger partial charge >= 0.3 is 0 Å². The van der Waals surface area contributed by atoms with Crippen molar-refractivity contribution in [1.82, 2.24) is 24.2 Å². The normalized spacial score (nSPS) is 14.2. The quantitative estimate of drug-likeness (QED) is 0.464. The minimum absolute atomic E-state index is 0.357. The van der Waals surface area contributed by atoms with Crippen molar-refractivity contribution in [2.45, 2.75) is 43.3 Å². The molecule has 4 rings (SSSR count). The van der Waals surface area contributed by atoms with E-state index in [1.165, 1.54) is 17.5 Å². The molecule has 0 bridgehead atoms.